The molecule has 1 atom stereocenters. The number of nitrogens with zero attached hydrogens (tertiary/aromatic N) is 2. The molecule has 2 amide bonds. The number of rotatable bonds is 5. The molecule has 28 heavy (non-hydrogen) atoms. The van der Waals surface area contributed by atoms with Crippen LogP contribution in [0.5, 0.6) is 5.75 Å². The van der Waals surface area contributed by atoms with Gasteiger partial charge in [0.2, 0.25) is 0 Å². The van der Waals surface area contributed by atoms with Gasteiger partial charge in [0.1, 0.15) is 12.4 Å². The summed E-state index contributed by atoms with van der Waals surface area (Å²) in [5, 5.41) is 0. The van der Waals surface area contributed by atoms with Gasteiger partial charge in [-0.05, 0) is 53.0 Å². The highest BCUT2D eigenvalue weighted by atomic mass is 79.9. The monoisotopic (exact) mass is 464 g/mol. The van der Waals surface area contributed by atoms with E-state index in [0.29, 0.717) is 26.2 Å². The largest absolute Gasteiger partial charge is 0.490 e. The number of thiophene rings is 1. The van der Waals surface area contributed by atoms with Crippen LogP contribution in [0.4, 0.5) is 4.79 Å². The molecule has 0 N–H and O–H groups in total. The number of para-hydroxylation sites is 1. The topological polar surface area (TPSA) is 59.1 Å². The van der Waals surface area contributed by atoms with Crippen LogP contribution in [0.2, 0.25) is 0 Å². The summed E-state index contributed by atoms with van der Waals surface area (Å²) in [6.45, 7) is 2.17. The molecule has 1 unspecified atom stereocenters. The maximum atomic E-state index is 12.6. The molecule has 2 aliphatic heterocycles. The molecule has 2 aliphatic rings. The van der Waals surface area contributed by atoms with Crippen molar-refractivity contribution in [3.8, 4) is 5.75 Å². The van der Waals surface area contributed by atoms with Crippen molar-refractivity contribution >= 4 is 39.3 Å². The molecule has 1 aromatic heterocycles. The summed E-state index contributed by atoms with van der Waals surface area (Å²) in [4.78, 5) is 29.3. The third-order valence-electron chi connectivity index (χ3n) is 5.06. The van der Waals surface area contributed by atoms with Crippen LogP contribution in [0.3, 0.4) is 0 Å². The number of halogens is 1. The average molecular weight is 465 g/mol. The van der Waals surface area contributed by atoms with E-state index >= 15 is 0 Å². The van der Waals surface area contributed by atoms with Crippen molar-refractivity contribution in [1.82, 2.24) is 9.80 Å². The van der Waals surface area contributed by atoms with Gasteiger partial charge in [0.15, 0.2) is 6.10 Å². The van der Waals surface area contributed by atoms with Crippen LogP contribution in [-0.4, -0.2) is 60.2 Å². The fourth-order valence-corrected chi connectivity index (χ4v) is 4.95. The molecule has 8 heteroatoms. The zero-order valence-corrected chi connectivity index (χ0v) is 17.7. The van der Waals surface area contributed by atoms with Gasteiger partial charge in [0, 0.05) is 19.1 Å². The molecular formula is C20H21BrN2O4S. The predicted molar refractivity (Wildman–Crippen MR) is 110 cm³/mol. The minimum Gasteiger partial charge on any atom is -0.490 e. The zero-order valence-electron chi connectivity index (χ0n) is 15.3. The van der Waals surface area contributed by atoms with Gasteiger partial charge in [0.25, 0.3) is 5.91 Å². The lowest BCUT2D eigenvalue weighted by Crippen LogP contribution is -2.47. The number of likely N-dealkylation sites (tertiary alicyclic amines) is 1. The Kier molecular flexibility index (Phi) is 5.87. The number of piperidine rings is 1. The third-order valence-corrected chi connectivity index (χ3v) is 6.67. The van der Waals surface area contributed by atoms with Crippen molar-refractivity contribution in [2.24, 2.45) is 0 Å². The molecule has 0 saturated carbocycles. The smallest absolute Gasteiger partial charge is 0.410 e. The summed E-state index contributed by atoms with van der Waals surface area (Å²) in [5.74, 6) is 0.830. The maximum absolute atomic E-state index is 12.6. The van der Waals surface area contributed by atoms with Crippen LogP contribution in [0.15, 0.2) is 46.3 Å². The van der Waals surface area contributed by atoms with E-state index < -0.39 is 0 Å². The van der Waals surface area contributed by atoms with Gasteiger partial charge in [-0.3, -0.25) is 4.79 Å². The standard InChI is InChI=1S/C20H21BrN2O4S/c21-18-7-6-17(28-18)19(24)22-10-8-14(9-11-22)23-12-16(27-20(23)25)13-26-15-4-2-1-3-5-15/h1-7,14,16H,8-13H2. The summed E-state index contributed by atoms with van der Waals surface area (Å²) >= 11 is 4.84. The second-order valence-electron chi connectivity index (χ2n) is 6.91. The first-order valence-electron chi connectivity index (χ1n) is 9.30. The van der Waals surface area contributed by atoms with Crippen LogP contribution in [0.1, 0.15) is 22.5 Å². The van der Waals surface area contributed by atoms with Gasteiger partial charge < -0.3 is 19.3 Å². The molecule has 6 nitrogen and oxygen atoms in total. The summed E-state index contributed by atoms with van der Waals surface area (Å²) in [6, 6.07) is 13.4. The Morgan fingerprint density at radius 3 is 2.61 bits per heavy atom. The second kappa shape index (κ2) is 8.53. The number of hydrogen-bond acceptors (Lipinski definition) is 5. The Hall–Kier alpha value is -2.06. The molecule has 2 aromatic rings. The molecule has 0 aliphatic carbocycles. The highest BCUT2D eigenvalue weighted by Crippen LogP contribution is 2.27. The van der Waals surface area contributed by atoms with E-state index in [0.717, 1.165) is 27.3 Å². The summed E-state index contributed by atoms with van der Waals surface area (Å²) < 4.78 is 12.1. The molecule has 2 saturated heterocycles. The van der Waals surface area contributed by atoms with Crippen molar-refractivity contribution in [3.63, 3.8) is 0 Å². The number of benzene rings is 1. The number of hydrogen-bond donors (Lipinski definition) is 0. The van der Waals surface area contributed by atoms with E-state index in [9.17, 15) is 9.59 Å². The number of ether oxygens (including phenoxy) is 2. The van der Waals surface area contributed by atoms with Crippen LogP contribution in [-0.2, 0) is 4.74 Å². The van der Waals surface area contributed by atoms with E-state index in [2.05, 4.69) is 15.9 Å². The first-order valence-corrected chi connectivity index (χ1v) is 10.9. The number of carbonyl (C=O) groups is 2. The van der Waals surface area contributed by atoms with Crippen LogP contribution in [0, 0.1) is 0 Å². The summed E-state index contributed by atoms with van der Waals surface area (Å²) in [6.07, 6.45) is 0.976. The van der Waals surface area contributed by atoms with E-state index in [1.54, 1.807) is 4.90 Å². The van der Waals surface area contributed by atoms with E-state index in [1.165, 1.54) is 11.3 Å². The number of amides is 2. The Morgan fingerprint density at radius 1 is 1.18 bits per heavy atom. The Labute approximate surface area is 176 Å². The minimum atomic E-state index is -0.284. The number of cyclic esters (lactones) is 1. The fraction of sp³-hybridized carbons (Fsp3) is 0.400. The molecule has 4 rings (SSSR count). The van der Waals surface area contributed by atoms with Crippen molar-refractivity contribution in [2.45, 2.75) is 25.0 Å². The molecule has 3 heterocycles. The highest BCUT2D eigenvalue weighted by molar-refractivity contribution is 9.11. The number of carbonyl (C=O) groups excluding carboxylic acids is 2. The van der Waals surface area contributed by atoms with Gasteiger partial charge in [-0.2, -0.15) is 0 Å². The van der Waals surface area contributed by atoms with Crippen LogP contribution >= 0.6 is 27.3 Å². The van der Waals surface area contributed by atoms with Gasteiger partial charge in [0.05, 0.1) is 15.2 Å². The minimum absolute atomic E-state index is 0.0623. The SMILES string of the molecule is O=C(c1ccc(Br)s1)N1CCC(N2CC(COc3ccccc3)OC2=O)CC1. The second-order valence-corrected chi connectivity index (χ2v) is 9.37. The lowest BCUT2D eigenvalue weighted by molar-refractivity contribution is 0.0663. The zero-order chi connectivity index (χ0) is 19.5. The van der Waals surface area contributed by atoms with E-state index in [1.807, 2.05) is 47.4 Å². The van der Waals surface area contributed by atoms with Crippen molar-refractivity contribution in [1.29, 1.82) is 0 Å². The van der Waals surface area contributed by atoms with Gasteiger partial charge in [-0.1, -0.05) is 18.2 Å². The summed E-state index contributed by atoms with van der Waals surface area (Å²) in [7, 11) is 0. The van der Waals surface area contributed by atoms with Crippen molar-refractivity contribution < 1.29 is 19.1 Å². The van der Waals surface area contributed by atoms with Gasteiger partial charge in [-0.15, -0.1) is 11.3 Å². The lowest BCUT2D eigenvalue weighted by Gasteiger charge is -2.35. The highest BCUT2D eigenvalue weighted by Gasteiger charge is 2.38. The molecule has 1 aromatic carbocycles. The van der Waals surface area contributed by atoms with E-state index in [4.69, 9.17) is 9.47 Å². The molecular weight excluding hydrogens is 444 g/mol. The van der Waals surface area contributed by atoms with Gasteiger partial charge in [-0.25, -0.2) is 4.79 Å². The fourth-order valence-electron chi connectivity index (χ4n) is 3.60. The molecule has 0 bridgehead atoms. The van der Waals surface area contributed by atoms with Crippen LogP contribution in [0.25, 0.3) is 0 Å². The molecule has 2 fully saturated rings. The van der Waals surface area contributed by atoms with Crippen LogP contribution < -0.4 is 4.74 Å². The van der Waals surface area contributed by atoms with E-state index in [-0.39, 0.29) is 24.1 Å². The maximum Gasteiger partial charge on any atom is 0.410 e. The van der Waals surface area contributed by atoms with Gasteiger partial charge >= 0.3 is 6.09 Å². The molecule has 0 spiro atoms. The van der Waals surface area contributed by atoms with Crippen molar-refractivity contribution in [2.75, 3.05) is 26.2 Å². The molecule has 0 radical (unpaired) electrons. The molecule has 148 valence electrons. The average Bonchev–Trinajstić information content (AvgIpc) is 3.32. The quantitative estimate of drug-likeness (QED) is 0.670. The first-order chi connectivity index (χ1) is 13.6. The van der Waals surface area contributed by atoms with Crippen molar-refractivity contribution in [3.05, 3.63) is 51.1 Å². The predicted octanol–water partition coefficient (Wildman–Crippen LogP) is 4.02. The lowest BCUT2D eigenvalue weighted by atomic mass is 10.0. The normalized spacial score (nSPS) is 20.3. The Morgan fingerprint density at radius 2 is 1.93 bits per heavy atom. The third kappa shape index (κ3) is 4.33. The first kappa shape index (κ1) is 19.3. The Bertz CT molecular complexity index is 836. The summed E-state index contributed by atoms with van der Waals surface area (Å²) in [5.41, 5.74) is 0. The Balaban J connectivity index is 1.27.